The van der Waals surface area contributed by atoms with E-state index in [0.717, 1.165) is 38.5 Å². The molecule has 0 aromatic heterocycles. The maximum atomic E-state index is 12.4. The molecule has 0 heterocycles. The molecule has 3 N–H and O–H groups in total. The number of nitrogens with two attached hydrogens (primary N) is 1. The number of unbranched alkanes of at least 4 members (excludes halogenated alkanes) is 15. The van der Waals surface area contributed by atoms with Crippen LogP contribution in [0.1, 0.15) is 142 Å². The minimum absolute atomic E-state index is 0.0540. The molecule has 0 bridgehead atoms. The first kappa shape index (κ1) is 39.8. The first-order chi connectivity index (χ1) is 19.8. The van der Waals surface area contributed by atoms with Gasteiger partial charge in [-0.2, -0.15) is 0 Å². The number of hydrogen-bond donors (Lipinski definition) is 2. The monoisotopic (exact) mass is 605 g/mol. The zero-order chi connectivity index (χ0) is 30.4. The third-order valence-electron chi connectivity index (χ3n) is 6.65. The molecule has 2 atom stereocenters. The van der Waals surface area contributed by atoms with Crippen LogP contribution in [0.2, 0.25) is 0 Å². The topological polar surface area (TPSA) is 134 Å². The van der Waals surface area contributed by atoms with Gasteiger partial charge in [0.15, 0.2) is 6.10 Å². The third-order valence-corrected chi connectivity index (χ3v) is 7.64. The Bertz CT molecular complexity index is 704. The minimum Gasteiger partial charge on any atom is -0.462 e. The molecule has 0 aromatic rings. The maximum absolute atomic E-state index is 12.4. The predicted octanol–water partition coefficient (Wildman–Crippen LogP) is 7.93. The van der Waals surface area contributed by atoms with Crippen molar-refractivity contribution in [1.82, 2.24) is 0 Å². The molecule has 0 spiro atoms. The Balaban J connectivity index is 4.07. The Hall–Kier alpha value is -1.25. The van der Waals surface area contributed by atoms with Crippen molar-refractivity contribution in [2.24, 2.45) is 5.73 Å². The van der Waals surface area contributed by atoms with Gasteiger partial charge in [0.1, 0.15) is 6.61 Å². The number of hydrogen-bond acceptors (Lipinski definition) is 8. The van der Waals surface area contributed by atoms with E-state index in [1.165, 1.54) is 64.2 Å². The first-order valence-corrected chi connectivity index (χ1v) is 17.7. The van der Waals surface area contributed by atoms with Crippen LogP contribution in [0.5, 0.6) is 0 Å². The van der Waals surface area contributed by atoms with Crippen molar-refractivity contribution in [2.45, 2.75) is 148 Å². The van der Waals surface area contributed by atoms with Gasteiger partial charge in [0.2, 0.25) is 0 Å². The number of carbonyl (C=O) groups is 2. The summed E-state index contributed by atoms with van der Waals surface area (Å²) in [4.78, 5) is 34.0. The lowest BCUT2D eigenvalue weighted by molar-refractivity contribution is -0.161. The lowest BCUT2D eigenvalue weighted by atomic mass is 10.1. The minimum atomic E-state index is -4.35. The lowest BCUT2D eigenvalue weighted by Crippen LogP contribution is -2.29. The number of rotatable bonds is 30. The molecule has 10 heteroatoms. The summed E-state index contributed by atoms with van der Waals surface area (Å²) in [7, 11) is -4.35. The van der Waals surface area contributed by atoms with Gasteiger partial charge in [0.25, 0.3) is 0 Å². The largest absolute Gasteiger partial charge is 0.472 e. The standard InChI is InChI=1S/C31H60NO8P/c1-3-5-7-8-9-10-11-12-13-14-15-16-17-18-19-20-22-24-31(34)40-29(27-37-30(33)23-21-6-4-2)28-39-41(35,36)38-26-25-32/h12-13,29H,3-11,14-28,32H2,1-2H3,(H,35,36)/b13-12-. The van der Waals surface area contributed by atoms with E-state index in [2.05, 4.69) is 19.1 Å². The smallest absolute Gasteiger partial charge is 0.462 e. The van der Waals surface area contributed by atoms with Gasteiger partial charge in [-0.25, -0.2) is 4.57 Å². The second-order valence-electron chi connectivity index (χ2n) is 10.7. The Kier molecular flexibility index (Phi) is 28.0. The molecule has 0 aliphatic rings. The number of phosphoric acid groups is 1. The normalized spacial score (nSPS) is 13.8. The molecule has 0 saturated carbocycles. The molecular formula is C31H60NO8P. The molecule has 0 aliphatic carbocycles. The average molecular weight is 606 g/mol. The Morgan fingerprint density at radius 2 is 1.20 bits per heavy atom. The fraction of sp³-hybridized carbons (Fsp3) is 0.871. The highest BCUT2D eigenvalue weighted by Gasteiger charge is 2.25. The van der Waals surface area contributed by atoms with Gasteiger partial charge in [-0.1, -0.05) is 103 Å². The van der Waals surface area contributed by atoms with E-state index in [1.807, 2.05) is 6.92 Å². The van der Waals surface area contributed by atoms with Crippen molar-refractivity contribution in [1.29, 1.82) is 0 Å². The SMILES string of the molecule is CCCCCCCC/C=C\CCCCCCCCCC(=O)OC(COC(=O)CCCCC)COP(=O)(O)OCCN. The molecule has 0 saturated heterocycles. The van der Waals surface area contributed by atoms with Gasteiger partial charge in [-0.15, -0.1) is 0 Å². The van der Waals surface area contributed by atoms with E-state index in [1.54, 1.807) is 0 Å². The average Bonchev–Trinajstić information content (AvgIpc) is 2.95. The van der Waals surface area contributed by atoms with Crippen LogP contribution in [0, 0.1) is 0 Å². The van der Waals surface area contributed by atoms with Crippen LogP contribution < -0.4 is 5.73 Å². The molecule has 0 fully saturated rings. The molecule has 0 rings (SSSR count). The zero-order valence-electron chi connectivity index (χ0n) is 26.0. The molecule has 9 nitrogen and oxygen atoms in total. The number of carbonyl (C=O) groups excluding carboxylic acids is 2. The molecule has 242 valence electrons. The van der Waals surface area contributed by atoms with Crippen LogP contribution in [0.3, 0.4) is 0 Å². The van der Waals surface area contributed by atoms with E-state index in [9.17, 15) is 19.0 Å². The summed E-state index contributed by atoms with van der Waals surface area (Å²) in [6.45, 7) is 3.51. The van der Waals surface area contributed by atoms with Gasteiger partial charge in [-0.3, -0.25) is 18.6 Å². The molecule has 0 aliphatic heterocycles. The summed E-state index contributed by atoms with van der Waals surface area (Å²) < 4.78 is 32.2. The second-order valence-corrected chi connectivity index (χ2v) is 12.1. The second kappa shape index (κ2) is 28.9. The number of esters is 2. The first-order valence-electron chi connectivity index (χ1n) is 16.2. The van der Waals surface area contributed by atoms with E-state index in [0.29, 0.717) is 12.8 Å². The highest BCUT2D eigenvalue weighted by molar-refractivity contribution is 7.47. The molecule has 0 amide bonds. The van der Waals surface area contributed by atoms with Crippen LogP contribution in [-0.2, 0) is 32.7 Å². The van der Waals surface area contributed by atoms with Gasteiger partial charge >= 0.3 is 19.8 Å². The van der Waals surface area contributed by atoms with Crippen LogP contribution in [0.15, 0.2) is 12.2 Å². The summed E-state index contributed by atoms with van der Waals surface area (Å²) in [6.07, 6.45) is 24.7. The highest BCUT2D eigenvalue weighted by Crippen LogP contribution is 2.43. The predicted molar refractivity (Wildman–Crippen MR) is 164 cm³/mol. The summed E-state index contributed by atoms with van der Waals surface area (Å²) in [5.74, 6) is -0.862. The molecule has 41 heavy (non-hydrogen) atoms. The molecule has 0 radical (unpaired) electrons. The molecule has 2 unspecified atom stereocenters. The Labute approximate surface area is 249 Å². The summed E-state index contributed by atoms with van der Waals surface area (Å²) in [6, 6.07) is 0. The fourth-order valence-corrected chi connectivity index (χ4v) is 4.98. The van der Waals surface area contributed by atoms with Crippen molar-refractivity contribution >= 4 is 19.8 Å². The fourth-order valence-electron chi connectivity index (χ4n) is 4.21. The van der Waals surface area contributed by atoms with Gasteiger partial charge in [0.05, 0.1) is 13.2 Å². The number of allylic oxidation sites excluding steroid dienone is 2. The van der Waals surface area contributed by atoms with Crippen molar-refractivity contribution in [3.8, 4) is 0 Å². The molecule has 0 aromatic carbocycles. The lowest BCUT2D eigenvalue weighted by Gasteiger charge is -2.19. The van der Waals surface area contributed by atoms with Crippen LogP contribution >= 0.6 is 7.82 Å². The van der Waals surface area contributed by atoms with Gasteiger partial charge in [0, 0.05) is 19.4 Å². The summed E-state index contributed by atoms with van der Waals surface area (Å²) in [5, 5.41) is 0. The van der Waals surface area contributed by atoms with Crippen LogP contribution in [-0.4, -0.2) is 49.3 Å². The van der Waals surface area contributed by atoms with Crippen molar-refractivity contribution in [3.05, 3.63) is 12.2 Å². The van der Waals surface area contributed by atoms with E-state index < -0.39 is 32.5 Å². The van der Waals surface area contributed by atoms with E-state index in [4.69, 9.17) is 24.3 Å². The van der Waals surface area contributed by atoms with Crippen molar-refractivity contribution in [3.63, 3.8) is 0 Å². The summed E-state index contributed by atoms with van der Waals surface area (Å²) in [5.41, 5.74) is 5.28. The zero-order valence-corrected chi connectivity index (χ0v) is 26.9. The third kappa shape index (κ3) is 28.6. The molecular weight excluding hydrogens is 545 g/mol. The summed E-state index contributed by atoms with van der Waals surface area (Å²) >= 11 is 0. The van der Waals surface area contributed by atoms with Gasteiger partial charge in [-0.05, 0) is 38.5 Å². The maximum Gasteiger partial charge on any atom is 0.472 e. The van der Waals surface area contributed by atoms with Crippen molar-refractivity contribution in [2.75, 3.05) is 26.4 Å². The quantitative estimate of drug-likeness (QED) is 0.0362. The number of ether oxygens (including phenoxy) is 2. The van der Waals surface area contributed by atoms with Crippen LogP contribution in [0.4, 0.5) is 0 Å². The van der Waals surface area contributed by atoms with Gasteiger partial charge < -0.3 is 20.1 Å². The van der Waals surface area contributed by atoms with Crippen molar-refractivity contribution < 1.29 is 37.6 Å². The van der Waals surface area contributed by atoms with E-state index in [-0.39, 0.29) is 32.6 Å². The Morgan fingerprint density at radius 3 is 1.78 bits per heavy atom. The number of phosphoric ester groups is 1. The van der Waals surface area contributed by atoms with E-state index >= 15 is 0 Å². The Morgan fingerprint density at radius 1 is 0.707 bits per heavy atom. The van der Waals surface area contributed by atoms with Crippen LogP contribution in [0.25, 0.3) is 0 Å². The highest BCUT2D eigenvalue weighted by atomic mass is 31.2.